The summed E-state index contributed by atoms with van der Waals surface area (Å²) in [6, 6.07) is 0. The van der Waals surface area contributed by atoms with Gasteiger partial charge in [-0.2, -0.15) is 17.4 Å². The summed E-state index contributed by atoms with van der Waals surface area (Å²) in [5.41, 5.74) is 0. The first-order chi connectivity index (χ1) is 8.47. The Morgan fingerprint density at radius 1 is 1.28 bits per heavy atom. The third-order valence-corrected chi connectivity index (χ3v) is 5.20. The Labute approximate surface area is 110 Å². The molecule has 3 unspecified atom stereocenters. The van der Waals surface area contributed by atoms with E-state index >= 15 is 0 Å². The van der Waals surface area contributed by atoms with Gasteiger partial charge in [0, 0.05) is 26.2 Å². The van der Waals surface area contributed by atoms with E-state index in [1.807, 2.05) is 0 Å². The van der Waals surface area contributed by atoms with Gasteiger partial charge in [-0.25, -0.2) is 0 Å². The summed E-state index contributed by atoms with van der Waals surface area (Å²) < 4.78 is 34.1. The Balaban J connectivity index is 1.88. The van der Waals surface area contributed by atoms with Crippen molar-refractivity contribution < 1.29 is 13.2 Å². The summed E-state index contributed by atoms with van der Waals surface area (Å²) in [5.74, 6) is 0.876. The highest BCUT2D eigenvalue weighted by atomic mass is 32.2. The van der Waals surface area contributed by atoms with Gasteiger partial charge in [0.15, 0.2) is 0 Å². The van der Waals surface area contributed by atoms with Crippen molar-refractivity contribution in [3.8, 4) is 0 Å². The highest BCUT2D eigenvalue weighted by Gasteiger charge is 2.31. The van der Waals surface area contributed by atoms with Crippen molar-refractivity contribution in [1.82, 2.24) is 9.03 Å². The number of ether oxygens (including phenoxy) is 1. The van der Waals surface area contributed by atoms with Crippen LogP contribution in [0.1, 0.15) is 33.1 Å². The first-order valence-electron chi connectivity index (χ1n) is 6.83. The maximum absolute atomic E-state index is 12.2. The number of nitrogens with zero attached hydrogens (tertiary/aromatic N) is 1. The van der Waals surface area contributed by atoms with Crippen LogP contribution in [-0.4, -0.2) is 45.1 Å². The lowest BCUT2D eigenvalue weighted by Crippen LogP contribution is -2.49. The van der Waals surface area contributed by atoms with E-state index in [0.717, 1.165) is 25.9 Å². The molecule has 0 bridgehead atoms. The van der Waals surface area contributed by atoms with Crippen LogP contribution in [0.15, 0.2) is 0 Å². The van der Waals surface area contributed by atoms with Crippen molar-refractivity contribution >= 4 is 10.2 Å². The van der Waals surface area contributed by atoms with Crippen LogP contribution < -0.4 is 4.72 Å². The predicted molar refractivity (Wildman–Crippen MR) is 70.4 cm³/mol. The van der Waals surface area contributed by atoms with Crippen molar-refractivity contribution in [2.24, 2.45) is 11.8 Å². The molecule has 106 valence electrons. The molecule has 2 fully saturated rings. The smallest absolute Gasteiger partial charge is 0.279 e. The van der Waals surface area contributed by atoms with Gasteiger partial charge in [-0.15, -0.1) is 0 Å². The average Bonchev–Trinajstić information content (AvgIpc) is 2.78. The van der Waals surface area contributed by atoms with E-state index in [1.54, 1.807) is 4.31 Å². The highest BCUT2D eigenvalue weighted by Crippen LogP contribution is 2.22. The number of piperidine rings is 1. The summed E-state index contributed by atoms with van der Waals surface area (Å²) in [6.07, 6.45) is 3.15. The monoisotopic (exact) mass is 276 g/mol. The zero-order chi connectivity index (χ0) is 13.2. The number of hydrogen-bond donors (Lipinski definition) is 1. The molecule has 2 heterocycles. The van der Waals surface area contributed by atoms with Crippen molar-refractivity contribution in [3.05, 3.63) is 0 Å². The van der Waals surface area contributed by atoms with Gasteiger partial charge in [-0.1, -0.05) is 13.8 Å². The molecule has 0 aromatic heterocycles. The van der Waals surface area contributed by atoms with E-state index in [-0.39, 0.29) is 6.10 Å². The number of hydrogen-bond acceptors (Lipinski definition) is 3. The molecule has 1 N–H and O–H groups in total. The lowest BCUT2D eigenvalue weighted by molar-refractivity contribution is 0.113. The van der Waals surface area contributed by atoms with E-state index < -0.39 is 10.2 Å². The van der Waals surface area contributed by atoms with Gasteiger partial charge in [0.2, 0.25) is 0 Å². The fourth-order valence-corrected chi connectivity index (χ4v) is 4.38. The molecule has 2 aliphatic rings. The van der Waals surface area contributed by atoms with Crippen LogP contribution in [0.4, 0.5) is 0 Å². The van der Waals surface area contributed by atoms with Crippen LogP contribution in [-0.2, 0) is 14.9 Å². The first-order valence-corrected chi connectivity index (χ1v) is 8.27. The summed E-state index contributed by atoms with van der Waals surface area (Å²) in [5, 5.41) is 0. The molecule has 3 atom stereocenters. The lowest BCUT2D eigenvalue weighted by atomic mass is 9.94. The average molecular weight is 276 g/mol. The zero-order valence-electron chi connectivity index (χ0n) is 11.3. The van der Waals surface area contributed by atoms with E-state index in [4.69, 9.17) is 4.74 Å². The molecule has 0 aromatic rings. The summed E-state index contributed by atoms with van der Waals surface area (Å²) in [4.78, 5) is 0. The van der Waals surface area contributed by atoms with Crippen LogP contribution in [0, 0.1) is 11.8 Å². The van der Waals surface area contributed by atoms with E-state index in [1.165, 1.54) is 0 Å². The van der Waals surface area contributed by atoms with Gasteiger partial charge in [-0.3, -0.25) is 0 Å². The third-order valence-electron chi connectivity index (χ3n) is 3.69. The van der Waals surface area contributed by atoms with E-state index in [2.05, 4.69) is 18.6 Å². The molecule has 0 amide bonds. The minimum atomic E-state index is -3.33. The maximum atomic E-state index is 12.2. The molecule has 5 nitrogen and oxygen atoms in total. The SMILES string of the molecule is CC1CC(C)CN(S(=O)(=O)NCC2CCCO2)C1. The zero-order valence-corrected chi connectivity index (χ0v) is 12.1. The van der Waals surface area contributed by atoms with Crippen LogP contribution in [0.25, 0.3) is 0 Å². The van der Waals surface area contributed by atoms with Gasteiger partial charge in [0.1, 0.15) is 0 Å². The normalized spacial score (nSPS) is 34.9. The van der Waals surface area contributed by atoms with Gasteiger partial charge in [0.05, 0.1) is 6.10 Å². The minimum absolute atomic E-state index is 0.0550. The maximum Gasteiger partial charge on any atom is 0.279 e. The minimum Gasteiger partial charge on any atom is -0.377 e. The Bertz CT molecular complexity index is 356. The van der Waals surface area contributed by atoms with Crippen molar-refractivity contribution in [2.45, 2.75) is 39.2 Å². The Morgan fingerprint density at radius 2 is 1.94 bits per heavy atom. The summed E-state index contributed by atoms with van der Waals surface area (Å²) >= 11 is 0. The van der Waals surface area contributed by atoms with Crippen LogP contribution in [0.3, 0.4) is 0 Å². The molecule has 0 radical (unpaired) electrons. The molecular formula is C12H24N2O3S. The Kier molecular flexibility index (Phi) is 4.64. The molecule has 2 aliphatic heterocycles. The fraction of sp³-hybridized carbons (Fsp3) is 1.00. The predicted octanol–water partition coefficient (Wildman–Crippen LogP) is 0.978. The van der Waals surface area contributed by atoms with Crippen LogP contribution in [0.2, 0.25) is 0 Å². The molecular weight excluding hydrogens is 252 g/mol. The molecule has 0 saturated carbocycles. The van der Waals surface area contributed by atoms with Crippen LogP contribution in [0.5, 0.6) is 0 Å². The summed E-state index contributed by atoms with van der Waals surface area (Å²) in [7, 11) is -3.33. The molecule has 6 heteroatoms. The quantitative estimate of drug-likeness (QED) is 0.832. The second-order valence-electron chi connectivity index (χ2n) is 5.75. The van der Waals surface area contributed by atoms with Gasteiger partial charge < -0.3 is 4.74 Å². The standard InChI is InChI=1S/C12H24N2O3S/c1-10-6-11(2)9-14(8-10)18(15,16)13-7-12-4-3-5-17-12/h10-13H,3-9H2,1-2H3. The lowest BCUT2D eigenvalue weighted by Gasteiger charge is -2.34. The molecule has 0 aromatic carbocycles. The number of nitrogens with one attached hydrogen (secondary N) is 1. The van der Waals surface area contributed by atoms with Crippen molar-refractivity contribution in [3.63, 3.8) is 0 Å². The van der Waals surface area contributed by atoms with E-state index in [9.17, 15) is 8.42 Å². The fourth-order valence-electron chi connectivity index (χ4n) is 2.90. The molecule has 2 saturated heterocycles. The Hall–Kier alpha value is -0.170. The van der Waals surface area contributed by atoms with Gasteiger partial charge >= 0.3 is 0 Å². The molecule has 0 spiro atoms. The largest absolute Gasteiger partial charge is 0.377 e. The molecule has 18 heavy (non-hydrogen) atoms. The highest BCUT2D eigenvalue weighted by molar-refractivity contribution is 7.87. The second-order valence-corrected chi connectivity index (χ2v) is 7.51. The third kappa shape index (κ3) is 3.66. The van der Waals surface area contributed by atoms with Crippen molar-refractivity contribution in [2.75, 3.05) is 26.2 Å². The van der Waals surface area contributed by atoms with E-state index in [0.29, 0.717) is 31.5 Å². The topological polar surface area (TPSA) is 58.6 Å². The van der Waals surface area contributed by atoms with Gasteiger partial charge in [0.25, 0.3) is 10.2 Å². The second kappa shape index (κ2) is 5.86. The molecule has 0 aliphatic carbocycles. The number of rotatable bonds is 4. The van der Waals surface area contributed by atoms with Crippen molar-refractivity contribution in [1.29, 1.82) is 0 Å². The Morgan fingerprint density at radius 3 is 2.50 bits per heavy atom. The summed E-state index contributed by atoms with van der Waals surface area (Å²) in [6.45, 7) is 6.64. The molecule has 2 rings (SSSR count). The van der Waals surface area contributed by atoms with Crippen LogP contribution >= 0.6 is 0 Å². The first kappa shape index (κ1) is 14.2. The van der Waals surface area contributed by atoms with Gasteiger partial charge in [-0.05, 0) is 31.1 Å².